The first kappa shape index (κ1) is 20.5. The molecule has 2 N–H and O–H groups in total. The van der Waals surface area contributed by atoms with Crippen LogP contribution < -0.4 is 15.4 Å². The van der Waals surface area contributed by atoms with Crippen molar-refractivity contribution >= 4 is 17.7 Å². The Hall–Kier alpha value is -3.19. The molecule has 0 atom stereocenters. The van der Waals surface area contributed by atoms with Gasteiger partial charge >= 0.3 is 0 Å². The predicted molar refractivity (Wildman–Crippen MR) is 109 cm³/mol. The van der Waals surface area contributed by atoms with Crippen LogP contribution in [0.15, 0.2) is 42.5 Å². The second kappa shape index (κ2) is 9.34. The molecule has 0 saturated carbocycles. The molecule has 1 aliphatic rings. The van der Waals surface area contributed by atoms with Crippen molar-refractivity contribution in [2.75, 3.05) is 26.7 Å². The Labute approximate surface area is 170 Å². The van der Waals surface area contributed by atoms with E-state index in [9.17, 15) is 14.4 Å². The van der Waals surface area contributed by atoms with Crippen molar-refractivity contribution in [1.29, 1.82) is 0 Å². The van der Waals surface area contributed by atoms with E-state index in [0.717, 1.165) is 13.0 Å². The summed E-state index contributed by atoms with van der Waals surface area (Å²) in [6.07, 6.45) is 1.03. The number of fused-ring (bicyclic) bond motifs is 1. The van der Waals surface area contributed by atoms with Gasteiger partial charge in [-0.2, -0.15) is 0 Å². The van der Waals surface area contributed by atoms with Crippen molar-refractivity contribution in [2.45, 2.75) is 19.9 Å². The molecule has 2 aromatic carbocycles. The van der Waals surface area contributed by atoms with Gasteiger partial charge in [0.1, 0.15) is 5.75 Å². The summed E-state index contributed by atoms with van der Waals surface area (Å²) < 4.78 is 5.31. The van der Waals surface area contributed by atoms with Crippen LogP contribution in [0.2, 0.25) is 0 Å². The molecule has 0 radical (unpaired) electrons. The number of benzene rings is 2. The third kappa shape index (κ3) is 4.46. The van der Waals surface area contributed by atoms with Crippen LogP contribution in [0.4, 0.5) is 0 Å². The van der Waals surface area contributed by atoms with Crippen LogP contribution in [-0.2, 0) is 6.54 Å². The molecule has 152 valence electrons. The molecule has 0 fully saturated rings. The molecule has 3 rings (SSSR count). The quantitative estimate of drug-likeness (QED) is 0.502. The summed E-state index contributed by atoms with van der Waals surface area (Å²) in [6.45, 7) is 4.24. The number of nitrogens with one attached hydrogen (secondary N) is 2. The van der Waals surface area contributed by atoms with Crippen molar-refractivity contribution in [3.8, 4) is 5.75 Å². The van der Waals surface area contributed by atoms with Gasteiger partial charge in [0.05, 0.1) is 30.3 Å². The lowest BCUT2D eigenvalue weighted by Crippen LogP contribution is -2.32. The van der Waals surface area contributed by atoms with Crippen molar-refractivity contribution in [1.82, 2.24) is 15.5 Å². The minimum absolute atomic E-state index is 0.0919. The second-order valence-electron chi connectivity index (χ2n) is 6.78. The zero-order valence-electron chi connectivity index (χ0n) is 16.7. The smallest absolute Gasteiger partial charge is 0.261 e. The molecule has 0 unspecified atom stereocenters. The number of carbonyl (C=O) groups is 3. The zero-order valence-corrected chi connectivity index (χ0v) is 16.7. The van der Waals surface area contributed by atoms with Crippen molar-refractivity contribution < 1.29 is 19.1 Å². The maximum Gasteiger partial charge on any atom is 0.261 e. The minimum Gasteiger partial charge on any atom is -0.496 e. The molecule has 0 aliphatic carbocycles. The van der Waals surface area contributed by atoms with Gasteiger partial charge in [0.2, 0.25) is 0 Å². The molecule has 0 saturated heterocycles. The Morgan fingerprint density at radius 3 is 2.31 bits per heavy atom. The summed E-state index contributed by atoms with van der Waals surface area (Å²) >= 11 is 0. The number of rotatable bonds is 9. The molecule has 3 amide bonds. The second-order valence-corrected chi connectivity index (χ2v) is 6.78. The van der Waals surface area contributed by atoms with Crippen LogP contribution in [0, 0.1) is 0 Å². The van der Waals surface area contributed by atoms with Gasteiger partial charge in [0, 0.05) is 13.1 Å². The lowest BCUT2D eigenvalue weighted by atomic mass is 10.1. The van der Waals surface area contributed by atoms with Gasteiger partial charge in [-0.25, -0.2) is 0 Å². The van der Waals surface area contributed by atoms with Crippen molar-refractivity contribution in [3.05, 3.63) is 64.7 Å². The number of nitrogens with zero attached hydrogens (tertiary/aromatic N) is 1. The molecule has 29 heavy (non-hydrogen) atoms. The van der Waals surface area contributed by atoms with E-state index < -0.39 is 0 Å². The van der Waals surface area contributed by atoms with Gasteiger partial charge < -0.3 is 15.4 Å². The van der Waals surface area contributed by atoms with E-state index in [1.807, 2.05) is 0 Å². The van der Waals surface area contributed by atoms with E-state index >= 15 is 0 Å². The molecular weight excluding hydrogens is 370 g/mol. The Morgan fingerprint density at radius 1 is 1.00 bits per heavy atom. The molecule has 7 nitrogen and oxygen atoms in total. The van der Waals surface area contributed by atoms with Crippen LogP contribution >= 0.6 is 0 Å². The van der Waals surface area contributed by atoms with E-state index in [1.165, 1.54) is 12.0 Å². The van der Waals surface area contributed by atoms with Crippen LogP contribution in [0.3, 0.4) is 0 Å². The molecule has 1 aliphatic heterocycles. The Bertz CT molecular complexity index is 891. The number of methoxy groups -OCH3 is 1. The first-order valence-electron chi connectivity index (χ1n) is 9.67. The van der Waals surface area contributed by atoms with E-state index in [2.05, 4.69) is 17.6 Å². The van der Waals surface area contributed by atoms with Crippen molar-refractivity contribution in [2.24, 2.45) is 0 Å². The summed E-state index contributed by atoms with van der Waals surface area (Å²) in [5, 5.41) is 6.08. The SMILES string of the molecule is CCCNCCNC(=O)c1cc(CN2C(=O)c3ccccc3C2=O)ccc1OC. The summed E-state index contributed by atoms with van der Waals surface area (Å²) in [4.78, 5) is 38.9. The maximum absolute atomic E-state index is 12.6. The number of hydrogen-bond acceptors (Lipinski definition) is 5. The number of carbonyl (C=O) groups excluding carboxylic acids is 3. The lowest BCUT2D eigenvalue weighted by Gasteiger charge is -2.16. The standard InChI is InChI=1S/C22H25N3O4/c1-3-10-23-11-12-24-20(26)18-13-15(8-9-19(18)29-2)14-25-21(27)16-6-4-5-7-17(16)22(25)28/h4-9,13,23H,3,10-12,14H2,1-2H3,(H,24,26). The van der Waals surface area contributed by atoms with Crippen LogP contribution in [0.25, 0.3) is 0 Å². The first-order valence-corrected chi connectivity index (χ1v) is 9.67. The third-order valence-corrected chi connectivity index (χ3v) is 4.74. The predicted octanol–water partition coefficient (Wildman–Crippen LogP) is 2.22. The molecule has 1 heterocycles. The average Bonchev–Trinajstić information content (AvgIpc) is 2.98. The van der Waals surface area contributed by atoms with Crippen molar-refractivity contribution in [3.63, 3.8) is 0 Å². The number of ether oxygens (including phenoxy) is 1. The topological polar surface area (TPSA) is 87.7 Å². The number of amides is 3. The largest absolute Gasteiger partial charge is 0.496 e. The summed E-state index contributed by atoms with van der Waals surface area (Å²) in [5.74, 6) is -0.469. The summed E-state index contributed by atoms with van der Waals surface area (Å²) in [7, 11) is 1.50. The maximum atomic E-state index is 12.6. The molecule has 0 aromatic heterocycles. The van der Waals surface area contributed by atoms with Crippen LogP contribution in [0.5, 0.6) is 5.75 Å². The fourth-order valence-corrected chi connectivity index (χ4v) is 3.26. The Morgan fingerprint density at radius 2 is 1.69 bits per heavy atom. The summed E-state index contributed by atoms with van der Waals surface area (Å²) in [5.41, 5.74) is 1.86. The Balaban J connectivity index is 1.73. The van der Waals surface area contributed by atoms with Gasteiger partial charge in [-0.3, -0.25) is 19.3 Å². The number of imide groups is 1. The Kier molecular flexibility index (Phi) is 6.61. The highest BCUT2D eigenvalue weighted by atomic mass is 16.5. The van der Waals surface area contributed by atoms with E-state index in [-0.39, 0.29) is 24.3 Å². The average molecular weight is 395 g/mol. The lowest BCUT2D eigenvalue weighted by molar-refractivity contribution is 0.0642. The van der Waals surface area contributed by atoms with Gasteiger partial charge in [-0.05, 0) is 42.8 Å². The minimum atomic E-state index is -0.325. The molecule has 0 spiro atoms. The molecule has 2 aromatic rings. The highest BCUT2D eigenvalue weighted by Gasteiger charge is 2.35. The van der Waals surface area contributed by atoms with Gasteiger partial charge in [0.15, 0.2) is 0 Å². The van der Waals surface area contributed by atoms with Gasteiger partial charge in [-0.1, -0.05) is 25.1 Å². The fourth-order valence-electron chi connectivity index (χ4n) is 3.26. The third-order valence-electron chi connectivity index (χ3n) is 4.74. The monoisotopic (exact) mass is 395 g/mol. The summed E-state index contributed by atoms with van der Waals surface area (Å²) in [6, 6.07) is 11.9. The van der Waals surface area contributed by atoms with E-state index in [0.29, 0.717) is 41.1 Å². The molecule has 0 bridgehead atoms. The molecular formula is C22H25N3O4. The highest BCUT2D eigenvalue weighted by molar-refractivity contribution is 6.21. The van der Waals surface area contributed by atoms with E-state index in [1.54, 1.807) is 42.5 Å². The zero-order chi connectivity index (χ0) is 20.8. The van der Waals surface area contributed by atoms with E-state index in [4.69, 9.17) is 4.74 Å². The molecule has 7 heteroatoms. The highest BCUT2D eigenvalue weighted by Crippen LogP contribution is 2.26. The van der Waals surface area contributed by atoms with Gasteiger partial charge in [0.25, 0.3) is 17.7 Å². The first-order chi connectivity index (χ1) is 14.1. The fraction of sp³-hybridized carbons (Fsp3) is 0.318. The number of hydrogen-bond donors (Lipinski definition) is 2. The van der Waals surface area contributed by atoms with Crippen LogP contribution in [0.1, 0.15) is 50.0 Å². The normalized spacial score (nSPS) is 12.8. The van der Waals surface area contributed by atoms with Gasteiger partial charge in [-0.15, -0.1) is 0 Å². The van der Waals surface area contributed by atoms with Crippen LogP contribution in [-0.4, -0.2) is 49.4 Å².